The summed E-state index contributed by atoms with van der Waals surface area (Å²) in [6.07, 6.45) is 0.916. The Hall–Kier alpha value is -1.89. The van der Waals surface area contributed by atoms with Crippen molar-refractivity contribution in [1.29, 1.82) is 0 Å². The van der Waals surface area contributed by atoms with Gasteiger partial charge in [-0.2, -0.15) is 0 Å². The predicted molar refractivity (Wildman–Crippen MR) is 78.2 cm³/mol. The third-order valence-electron chi connectivity index (χ3n) is 3.45. The van der Waals surface area contributed by atoms with Gasteiger partial charge in [-0.25, -0.2) is 9.97 Å². The zero-order valence-corrected chi connectivity index (χ0v) is 12.1. The maximum Gasteiger partial charge on any atom is 0.153 e. The normalized spacial score (nSPS) is 17.5. The SMILES string of the molecule is CCc1cc(N2CCN(CC(N)=NO)CC2)nc(C)n1. The molecule has 20 heavy (non-hydrogen) atoms. The highest BCUT2D eigenvalue weighted by atomic mass is 16.4. The van der Waals surface area contributed by atoms with Crippen molar-refractivity contribution in [2.45, 2.75) is 20.3 Å². The fourth-order valence-electron chi connectivity index (χ4n) is 2.35. The van der Waals surface area contributed by atoms with Gasteiger partial charge in [0.1, 0.15) is 11.6 Å². The number of aromatic nitrogens is 2. The summed E-state index contributed by atoms with van der Waals surface area (Å²) in [4.78, 5) is 13.3. The maximum atomic E-state index is 8.59. The lowest BCUT2D eigenvalue weighted by molar-refractivity contribution is 0.278. The van der Waals surface area contributed by atoms with Crippen molar-refractivity contribution in [1.82, 2.24) is 14.9 Å². The topological polar surface area (TPSA) is 90.9 Å². The van der Waals surface area contributed by atoms with Crippen LogP contribution in [0.3, 0.4) is 0 Å². The van der Waals surface area contributed by atoms with E-state index in [-0.39, 0.29) is 5.84 Å². The van der Waals surface area contributed by atoms with E-state index in [0.717, 1.165) is 49.9 Å². The monoisotopic (exact) mass is 278 g/mol. The maximum absolute atomic E-state index is 8.59. The molecule has 0 radical (unpaired) electrons. The number of aryl methyl sites for hydroxylation is 2. The van der Waals surface area contributed by atoms with Crippen LogP contribution < -0.4 is 10.6 Å². The minimum absolute atomic E-state index is 0.254. The van der Waals surface area contributed by atoms with Crippen molar-refractivity contribution in [3.63, 3.8) is 0 Å². The van der Waals surface area contributed by atoms with Crippen LogP contribution in [0.2, 0.25) is 0 Å². The van der Waals surface area contributed by atoms with Crippen LogP contribution in [0.5, 0.6) is 0 Å². The van der Waals surface area contributed by atoms with Gasteiger partial charge in [0.25, 0.3) is 0 Å². The first-order chi connectivity index (χ1) is 9.62. The number of oxime groups is 1. The van der Waals surface area contributed by atoms with E-state index in [1.807, 2.05) is 6.92 Å². The van der Waals surface area contributed by atoms with E-state index in [0.29, 0.717) is 6.54 Å². The summed E-state index contributed by atoms with van der Waals surface area (Å²) in [7, 11) is 0. The van der Waals surface area contributed by atoms with Crippen LogP contribution in [0.15, 0.2) is 11.2 Å². The van der Waals surface area contributed by atoms with E-state index in [2.05, 4.69) is 37.9 Å². The van der Waals surface area contributed by atoms with Gasteiger partial charge < -0.3 is 15.8 Å². The van der Waals surface area contributed by atoms with Crippen LogP contribution in [-0.2, 0) is 6.42 Å². The lowest BCUT2D eigenvalue weighted by Gasteiger charge is -2.35. The van der Waals surface area contributed by atoms with Crippen LogP contribution in [0.4, 0.5) is 5.82 Å². The number of nitrogens with two attached hydrogens (primary N) is 1. The fourth-order valence-corrected chi connectivity index (χ4v) is 2.35. The molecule has 1 aromatic rings. The number of nitrogens with zero attached hydrogens (tertiary/aromatic N) is 5. The van der Waals surface area contributed by atoms with Gasteiger partial charge in [0.15, 0.2) is 5.84 Å². The second kappa shape index (κ2) is 6.51. The van der Waals surface area contributed by atoms with Crippen LogP contribution in [0.25, 0.3) is 0 Å². The van der Waals surface area contributed by atoms with Gasteiger partial charge in [-0.15, -0.1) is 0 Å². The lowest BCUT2D eigenvalue weighted by atomic mass is 10.2. The first-order valence-electron chi connectivity index (χ1n) is 6.90. The summed E-state index contributed by atoms with van der Waals surface area (Å²) in [5.41, 5.74) is 6.61. The third-order valence-corrected chi connectivity index (χ3v) is 3.45. The summed E-state index contributed by atoms with van der Waals surface area (Å²) in [6.45, 7) is 8.06. The molecule has 0 aliphatic carbocycles. The highest BCUT2D eigenvalue weighted by molar-refractivity contribution is 5.81. The molecule has 0 unspecified atom stereocenters. The van der Waals surface area contributed by atoms with Gasteiger partial charge in [0.2, 0.25) is 0 Å². The molecule has 2 rings (SSSR count). The first-order valence-corrected chi connectivity index (χ1v) is 6.90. The van der Waals surface area contributed by atoms with Crippen LogP contribution >= 0.6 is 0 Å². The molecule has 0 spiro atoms. The first kappa shape index (κ1) is 14.5. The summed E-state index contributed by atoms with van der Waals surface area (Å²) < 4.78 is 0. The van der Waals surface area contributed by atoms with Gasteiger partial charge in [-0.1, -0.05) is 12.1 Å². The molecule has 3 N–H and O–H groups in total. The summed E-state index contributed by atoms with van der Waals surface area (Å²) in [5.74, 6) is 2.07. The Labute approximate surface area is 119 Å². The zero-order valence-electron chi connectivity index (χ0n) is 12.1. The Kier molecular flexibility index (Phi) is 4.73. The fraction of sp³-hybridized carbons (Fsp3) is 0.615. The Bertz CT molecular complexity index is 482. The molecule has 1 aliphatic heterocycles. The molecule has 110 valence electrons. The number of piperazine rings is 1. The number of hydrogen-bond acceptors (Lipinski definition) is 6. The largest absolute Gasteiger partial charge is 0.409 e. The second-order valence-corrected chi connectivity index (χ2v) is 4.97. The molecule has 0 amide bonds. The molecular formula is C13H22N6O. The van der Waals surface area contributed by atoms with Crippen molar-refractivity contribution in [3.8, 4) is 0 Å². The van der Waals surface area contributed by atoms with Crippen LogP contribution in [0.1, 0.15) is 18.4 Å². The lowest BCUT2D eigenvalue weighted by Crippen LogP contribution is -2.49. The number of anilines is 1. The molecule has 1 saturated heterocycles. The van der Waals surface area contributed by atoms with Crippen molar-refractivity contribution < 1.29 is 5.21 Å². The minimum atomic E-state index is 0.254. The van der Waals surface area contributed by atoms with Crippen molar-refractivity contribution in [2.75, 3.05) is 37.6 Å². The highest BCUT2D eigenvalue weighted by Crippen LogP contribution is 2.15. The molecular weight excluding hydrogens is 256 g/mol. The van der Waals surface area contributed by atoms with Gasteiger partial charge in [0, 0.05) is 37.9 Å². The molecule has 0 atom stereocenters. The Morgan fingerprint density at radius 3 is 2.65 bits per heavy atom. The molecule has 0 saturated carbocycles. The quantitative estimate of drug-likeness (QED) is 0.354. The highest BCUT2D eigenvalue weighted by Gasteiger charge is 2.19. The smallest absolute Gasteiger partial charge is 0.153 e. The van der Waals surface area contributed by atoms with E-state index >= 15 is 0 Å². The summed E-state index contributed by atoms with van der Waals surface area (Å²) in [6, 6.07) is 2.06. The zero-order chi connectivity index (χ0) is 14.5. The average molecular weight is 278 g/mol. The second-order valence-electron chi connectivity index (χ2n) is 4.97. The molecule has 7 heteroatoms. The van der Waals surface area contributed by atoms with E-state index in [9.17, 15) is 0 Å². The van der Waals surface area contributed by atoms with Gasteiger partial charge in [-0.3, -0.25) is 4.90 Å². The number of rotatable bonds is 4. The molecule has 0 aromatic carbocycles. The molecule has 0 bridgehead atoms. The third kappa shape index (κ3) is 3.57. The van der Waals surface area contributed by atoms with Gasteiger partial charge >= 0.3 is 0 Å². The minimum Gasteiger partial charge on any atom is -0.409 e. The van der Waals surface area contributed by atoms with Crippen LogP contribution in [0, 0.1) is 6.92 Å². The average Bonchev–Trinajstić information content (AvgIpc) is 2.47. The van der Waals surface area contributed by atoms with E-state index in [4.69, 9.17) is 10.9 Å². The summed E-state index contributed by atoms with van der Waals surface area (Å²) >= 11 is 0. The number of hydrogen-bond donors (Lipinski definition) is 2. The van der Waals surface area contributed by atoms with E-state index in [1.54, 1.807) is 0 Å². The van der Waals surface area contributed by atoms with Gasteiger partial charge in [0.05, 0.1) is 6.54 Å². The van der Waals surface area contributed by atoms with Crippen molar-refractivity contribution >= 4 is 11.7 Å². The molecule has 1 aromatic heterocycles. The molecule has 2 heterocycles. The standard InChI is InChI=1S/C13H22N6O/c1-3-11-8-13(16-10(2)15-11)19-6-4-18(5-7-19)9-12(14)17-20/h8,20H,3-7,9H2,1-2H3,(H2,14,17). The Morgan fingerprint density at radius 1 is 1.35 bits per heavy atom. The molecule has 7 nitrogen and oxygen atoms in total. The van der Waals surface area contributed by atoms with Crippen molar-refractivity contribution in [2.24, 2.45) is 10.9 Å². The molecule has 1 aliphatic rings. The van der Waals surface area contributed by atoms with Gasteiger partial charge in [-0.05, 0) is 13.3 Å². The van der Waals surface area contributed by atoms with Crippen molar-refractivity contribution in [3.05, 3.63) is 17.6 Å². The van der Waals surface area contributed by atoms with E-state index in [1.165, 1.54) is 0 Å². The predicted octanol–water partition coefficient (Wildman–Crippen LogP) is 0.216. The summed E-state index contributed by atoms with van der Waals surface area (Å²) in [5, 5.41) is 11.6. The Morgan fingerprint density at radius 2 is 2.05 bits per heavy atom. The molecule has 1 fully saturated rings. The van der Waals surface area contributed by atoms with Crippen LogP contribution in [-0.4, -0.2) is 58.6 Å². The number of amidine groups is 1. The Balaban J connectivity index is 1.98. The van der Waals surface area contributed by atoms with E-state index < -0.39 is 0 Å².